The second kappa shape index (κ2) is 8.86. The molecule has 3 rings (SSSR count). The van der Waals surface area contributed by atoms with Crippen LogP contribution >= 0.6 is 0 Å². The van der Waals surface area contributed by atoms with Gasteiger partial charge in [0.2, 0.25) is 0 Å². The third kappa shape index (κ3) is 4.76. The van der Waals surface area contributed by atoms with Gasteiger partial charge in [-0.15, -0.1) is 0 Å². The molecule has 3 aromatic rings. The lowest BCUT2D eigenvalue weighted by atomic mass is 10.1. The minimum absolute atomic E-state index is 0.0813. The number of anilines is 1. The molecule has 0 spiro atoms. The van der Waals surface area contributed by atoms with Crippen LogP contribution in [0.5, 0.6) is 11.5 Å². The molecule has 0 aromatic heterocycles. The summed E-state index contributed by atoms with van der Waals surface area (Å²) in [5, 5.41) is 2.85. The number of Topliss-reactive ketones (excluding diaryl/α,β-unsaturated/α-hetero) is 1. The van der Waals surface area contributed by atoms with Crippen molar-refractivity contribution in [1.29, 1.82) is 0 Å². The predicted molar refractivity (Wildman–Crippen MR) is 108 cm³/mol. The SMILES string of the molecule is COc1cccc(C(=O)COc2ccc(NC(=O)c3ccccc3C)cc2)c1. The van der Waals surface area contributed by atoms with E-state index in [1.165, 1.54) is 0 Å². The summed E-state index contributed by atoms with van der Waals surface area (Å²) in [6, 6.07) is 21.2. The van der Waals surface area contributed by atoms with E-state index in [1.54, 1.807) is 61.7 Å². The average molecular weight is 375 g/mol. The number of carbonyl (C=O) groups is 2. The van der Waals surface area contributed by atoms with E-state index in [0.29, 0.717) is 28.3 Å². The minimum atomic E-state index is -0.167. The lowest BCUT2D eigenvalue weighted by Crippen LogP contribution is -2.13. The molecule has 0 aliphatic carbocycles. The zero-order valence-electron chi connectivity index (χ0n) is 15.8. The molecule has 5 nitrogen and oxygen atoms in total. The van der Waals surface area contributed by atoms with Gasteiger partial charge in [0.25, 0.3) is 5.91 Å². The first-order valence-electron chi connectivity index (χ1n) is 8.84. The topological polar surface area (TPSA) is 64.6 Å². The number of nitrogens with one attached hydrogen (secondary N) is 1. The number of benzene rings is 3. The van der Waals surface area contributed by atoms with Gasteiger partial charge in [0.05, 0.1) is 7.11 Å². The molecule has 0 aliphatic heterocycles. The van der Waals surface area contributed by atoms with Crippen LogP contribution in [0.4, 0.5) is 5.69 Å². The Morgan fingerprint density at radius 3 is 2.36 bits per heavy atom. The van der Waals surface area contributed by atoms with E-state index in [-0.39, 0.29) is 18.3 Å². The predicted octanol–water partition coefficient (Wildman–Crippen LogP) is 4.52. The fourth-order valence-electron chi connectivity index (χ4n) is 2.69. The molecular formula is C23H21NO4. The van der Waals surface area contributed by atoms with E-state index in [2.05, 4.69) is 5.32 Å². The summed E-state index contributed by atoms with van der Waals surface area (Å²) >= 11 is 0. The number of ether oxygens (including phenoxy) is 2. The van der Waals surface area contributed by atoms with Gasteiger partial charge in [0.1, 0.15) is 11.5 Å². The molecule has 0 saturated carbocycles. The first-order valence-corrected chi connectivity index (χ1v) is 8.84. The van der Waals surface area contributed by atoms with E-state index in [9.17, 15) is 9.59 Å². The Morgan fingerprint density at radius 2 is 1.64 bits per heavy atom. The Hall–Kier alpha value is -3.60. The number of hydrogen-bond acceptors (Lipinski definition) is 4. The zero-order valence-corrected chi connectivity index (χ0v) is 15.8. The van der Waals surface area contributed by atoms with Crippen LogP contribution in [0.3, 0.4) is 0 Å². The third-order valence-electron chi connectivity index (χ3n) is 4.26. The highest BCUT2D eigenvalue weighted by molar-refractivity contribution is 6.05. The number of amides is 1. The number of ketones is 1. The Morgan fingerprint density at radius 1 is 0.893 bits per heavy atom. The summed E-state index contributed by atoms with van der Waals surface area (Å²) in [5.74, 6) is 0.862. The van der Waals surface area contributed by atoms with Crippen LogP contribution in [0.2, 0.25) is 0 Å². The number of hydrogen-bond donors (Lipinski definition) is 1. The van der Waals surface area contributed by atoms with Crippen LogP contribution in [-0.2, 0) is 0 Å². The van der Waals surface area contributed by atoms with Gasteiger partial charge in [0, 0.05) is 16.8 Å². The van der Waals surface area contributed by atoms with Crippen molar-refractivity contribution in [3.8, 4) is 11.5 Å². The van der Waals surface area contributed by atoms with Gasteiger partial charge >= 0.3 is 0 Å². The summed E-state index contributed by atoms with van der Waals surface area (Å²) in [6.07, 6.45) is 0. The van der Waals surface area contributed by atoms with Crippen molar-refractivity contribution < 1.29 is 19.1 Å². The number of aryl methyl sites for hydroxylation is 1. The number of methoxy groups -OCH3 is 1. The summed E-state index contributed by atoms with van der Waals surface area (Å²) in [7, 11) is 1.56. The fraction of sp³-hybridized carbons (Fsp3) is 0.130. The molecule has 0 bridgehead atoms. The van der Waals surface area contributed by atoms with Gasteiger partial charge in [-0.05, 0) is 55.0 Å². The minimum Gasteiger partial charge on any atom is -0.497 e. The molecule has 0 aliphatic rings. The van der Waals surface area contributed by atoms with Crippen LogP contribution in [-0.4, -0.2) is 25.4 Å². The van der Waals surface area contributed by atoms with Crippen molar-refractivity contribution in [2.24, 2.45) is 0 Å². The molecule has 1 amide bonds. The smallest absolute Gasteiger partial charge is 0.255 e. The molecule has 1 N–H and O–H groups in total. The van der Waals surface area contributed by atoms with Crippen LogP contribution < -0.4 is 14.8 Å². The van der Waals surface area contributed by atoms with E-state index < -0.39 is 0 Å². The van der Waals surface area contributed by atoms with E-state index in [0.717, 1.165) is 5.56 Å². The Labute approximate surface area is 163 Å². The number of carbonyl (C=O) groups excluding carboxylic acids is 2. The van der Waals surface area contributed by atoms with Crippen LogP contribution in [0.15, 0.2) is 72.8 Å². The van der Waals surface area contributed by atoms with E-state index >= 15 is 0 Å². The van der Waals surface area contributed by atoms with Gasteiger partial charge < -0.3 is 14.8 Å². The molecule has 0 atom stereocenters. The van der Waals surface area contributed by atoms with E-state index in [4.69, 9.17) is 9.47 Å². The summed E-state index contributed by atoms with van der Waals surface area (Å²) in [4.78, 5) is 24.6. The van der Waals surface area contributed by atoms with Gasteiger partial charge in [-0.3, -0.25) is 9.59 Å². The highest BCUT2D eigenvalue weighted by atomic mass is 16.5. The molecule has 5 heteroatoms. The molecule has 0 heterocycles. The highest BCUT2D eigenvalue weighted by Crippen LogP contribution is 2.18. The Bertz CT molecular complexity index is 980. The maximum absolute atomic E-state index is 12.3. The lowest BCUT2D eigenvalue weighted by Gasteiger charge is -2.09. The van der Waals surface area contributed by atoms with Crippen LogP contribution in [0.25, 0.3) is 0 Å². The zero-order chi connectivity index (χ0) is 19.9. The molecule has 0 saturated heterocycles. The van der Waals surface area contributed by atoms with Crippen molar-refractivity contribution in [3.63, 3.8) is 0 Å². The van der Waals surface area contributed by atoms with Crippen molar-refractivity contribution in [2.45, 2.75) is 6.92 Å². The molecule has 0 unspecified atom stereocenters. The molecule has 142 valence electrons. The normalized spacial score (nSPS) is 10.2. The van der Waals surface area contributed by atoms with Crippen molar-refractivity contribution in [1.82, 2.24) is 0 Å². The second-order valence-corrected chi connectivity index (χ2v) is 6.24. The van der Waals surface area contributed by atoms with Gasteiger partial charge in [0.15, 0.2) is 12.4 Å². The first-order chi connectivity index (χ1) is 13.6. The maximum atomic E-state index is 12.3. The quantitative estimate of drug-likeness (QED) is 0.617. The molecule has 0 radical (unpaired) electrons. The van der Waals surface area contributed by atoms with Crippen LogP contribution in [0.1, 0.15) is 26.3 Å². The molecule has 28 heavy (non-hydrogen) atoms. The van der Waals surface area contributed by atoms with Crippen molar-refractivity contribution >= 4 is 17.4 Å². The first kappa shape index (κ1) is 19.2. The summed E-state index contributed by atoms with van der Waals surface area (Å²) in [5.41, 5.74) is 2.73. The summed E-state index contributed by atoms with van der Waals surface area (Å²) < 4.78 is 10.7. The Balaban J connectivity index is 1.58. The second-order valence-electron chi connectivity index (χ2n) is 6.24. The van der Waals surface area contributed by atoms with Gasteiger partial charge in [-0.25, -0.2) is 0 Å². The maximum Gasteiger partial charge on any atom is 0.255 e. The lowest BCUT2D eigenvalue weighted by molar-refractivity contribution is 0.0921. The average Bonchev–Trinajstić information content (AvgIpc) is 2.73. The monoisotopic (exact) mass is 375 g/mol. The Kier molecular flexibility index (Phi) is 6.07. The van der Waals surface area contributed by atoms with Crippen molar-refractivity contribution in [3.05, 3.63) is 89.5 Å². The standard InChI is InChI=1S/C23H21NO4/c1-16-6-3-4-9-21(16)23(26)24-18-10-12-19(13-11-18)28-15-22(25)17-7-5-8-20(14-17)27-2/h3-14H,15H2,1-2H3,(H,24,26). The summed E-state index contributed by atoms with van der Waals surface area (Å²) in [6.45, 7) is 1.81. The number of rotatable bonds is 7. The fourth-order valence-corrected chi connectivity index (χ4v) is 2.69. The third-order valence-corrected chi connectivity index (χ3v) is 4.26. The van der Waals surface area contributed by atoms with Crippen molar-refractivity contribution in [2.75, 3.05) is 19.0 Å². The van der Waals surface area contributed by atoms with Crippen LogP contribution in [0, 0.1) is 6.92 Å². The largest absolute Gasteiger partial charge is 0.497 e. The molecule has 3 aromatic carbocycles. The van der Waals surface area contributed by atoms with Gasteiger partial charge in [-0.1, -0.05) is 30.3 Å². The molecular weight excluding hydrogens is 354 g/mol. The van der Waals surface area contributed by atoms with Gasteiger partial charge in [-0.2, -0.15) is 0 Å². The molecule has 0 fully saturated rings. The van der Waals surface area contributed by atoms with E-state index in [1.807, 2.05) is 25.1 Å². The highest BCUT2D eigenvalue weighted by Gasteiger charge is 2.10.